The zero-order valence-corrected chi connectivity index (χ0v) is 11.3. The molecule has 1 heterocycles. The Bertz CT molecular complexity index is 662. The standard InChI is InChI=1S/C16H13ClO2/c1-10-12(5-3-7-14(10)17)15(18)13-6-2-4-11-8-9-19-16(11)13/h2-7H,8-9H2,1H3. The summed E-state index contributed by atoms with van der Waals surface area (Å²) in [6, 6.07) is 11.1. The summed E-state index contributed by atoms with van der Waals surface area (Å²) in [4.78, 5) is 12.6. The molecule has 0 saturated heterocycles. The number of para-hydroxylation sites is 1. The normalized spacial score (nSPS) is 12.9. The van der Waals surface area contributed by atoms with Crippen molar-refractivity contribution in [3.8, 4) is 5.75 Å². The number of hydrogen-bond acceptors (Lipinski definition) is 2. The average molecular weight is 273 g/mol. The van der Waals surface area contributed by atoms with Gasteiger partial charge in [0.25, 0.3) is 0 Å². The molecule has 96 valence electrons. The van der Waals surface area contributed by atoms with Crippen molar-refractivity contribution < 1.29 is 9.53 Å². The summed E-state index contributed by atoms with van der Waals surface area (Å²) < 4.78 is 5.59. The zero-order valence-electron chi connectivity index (χ0n) is 10.6. The zero-order chi connectivity index (χ0) is 13.4. The van der Waals surface area contributed by atoms with Crippen molar-refractivity contribution in [2.45, 2.75) is 13.3 Å². The van der Waals surface area contributed by atoms with Gasteiger partial charge in [-0.3, -0.25) is 4.79 Å². The van der Waals surface area contributed by atoms with Gasteiger partial charge in [-0.05, 0) is 30.2 Å². The highest BCUT2D eigenvalue weighted by atomic mass is 35.5. The summed E-state index contributed by atoms with van der Waals surface area (Å²) in [5, 5.41) is 0.611. The van der Waals surface area contributed by atoms with Crippen LogP contribution in [0.3, 0.4) is 0 Å². The second kappa shape index (κ2) is 4.71. The van der Waals surface area contributed by atoms with Crippen molar-refractivity contribution in [2.24, 2.45) is 0 Å². The molecule has 2 nitrogen and oxygen atoms in total. The second-order valence-corrected chi connectivity index (χ2v) is 5.04. The molecule has 0 spiro atoms. The van der Waals surface area contributed by atoms with E-state index in [4.69, 9.17) is 16.3 Å². The van der Waals surface area contributed by atoms with Gasteiger partial charge in [0.2, 0.25) is 0 Å². The van der Waals surface area contributed by atoms with Crippen LogP contribution in [0.25, 0.3) is 0 Å². The van der Waals surface area contributed by atoms with Crippen LogP contribution in [0.15, 0.2) is 36.4 Å². The van der Waals surface area contributed by atoms with Crippen molar-refractivity contribution >= 4 is 17.4 Å². The van der Waals surface area contributed by atoms with E-state index in [2.05, 4.69) is 0 Å². The maximum Gasteiger partial charge on any atom is 0.197 e. The van der Waals surface area contributed by atoms with Crippen molar-refractivity contribution in [2.75, 3.05) is 6.61 Å². The highest BCUT2D eigenvalue weighted by molar-refractivity contribution is 6.32. The highest BCUT2D eigenvalue weighted by Crippen LogP contribution is 2.32. The Balaban J connectivity index is 2.11. The van der Waals surface area contributed by atoms with Crippen molar-refractivity contribution in [3.05, 3.63) is 63.7 Å². The van der Waals surface area contributed by atoms with E-state index >= 15 is 0 Å². The number of hydrogen-bond donors (Lipinski definition) is 0. The van der Waals surface area contributed by atoms with E-state index in [1.54, 1.807) is 18.2 Å². The quantitative estimate of drug-likeness (QED) is 0.777. The number of carbonyl (C=O) groups is 1. The minimum Gasteiger partial charge on any atom is -0.492 e. The van der Waals surface area contributed by atoms with Gasteiger partial charge in [-0.1, -0.05) is 35.9 Å². The Labute approximate surface area is 117 Å². The van der Waals surface area contributed by atoms with Crippen molar-refractivity contribution in [3.63, 3.8) is 0 Å². The van der Waals surface area contributed by atoms with E-state index in [-0.39, 0.29) is 5.78 Å². The minimum absolute atomic E-state index is 0.0289. The number of halogens is 1. The molecule has 0 amide bonds. The maximum absolute atomic E-state index is 12.6. The molecule has 2 aromatic carbocycles. The summed E-state index contributed by atoms with van der Waals surface area (Å²) >= 11 is 6.08. The predicted octanol–water partition coefficient (Wildman–Crippen LogP) is 3.81. The Morgan fingerprint density at radius 3 is 2.74 bits per heavy atom. The van der Waals surface area contributed by atoms with Crippen molar-refractivity contribution in [1.29, 1.82) is 0 Å². The summed E-state index contributed by atoms with van der Waals surface area (Å²) in [7, 11) is 0. The fraction of sp³-hybridized carbons (Fsp3) is 0.188. The number of ketones is 1. The number of ether oxygens (including phenoxy) is 1. The lowest BCUT2D eigenvalue weighted by Gasteiger charge is -2.09. The molecule has 0 radical (unpaired) electrons. The third-order valence-corrected chi connectivity index (χ3v) is 3.88. The first-order valence-corrected chi connectivity index (χ1v) is 6.61. The molecule has 1 aliphatic rings. The second-order valence-electron chi connectivity index (χ2n) is 4.63. The van der Waals surface area contributed by atoms with Crippen LogP contribution in [-0.4, -0.2) is 12.4 Å². The Morgan fingerprint density at radius 1 is 1.16 bits per heavy atom. The van der Waals surface area contributed by atoms with E-state index in [1.807, 2.05) is 25.1 Å². The molecule has 0 N–H and O–H groups in total. The first-order chi connectivity index (χ1) is 9.18. The predicted molar refractivity (Wildman–Crippen MR) is 75.3 cm³/mol. The number of rotatable bonds is 2. The molecule has 3 rings (SSSR count). The van der Waals surface area contributed by atoms with E-state index in [0.29, 0.717) is 22.8 Å². The van der Waals surface area contributed by atoms with Crippen LogP contribution in [0.4, 0.5) is 0 Å². The molecule has 0 bridgehead atoms. The SMILES string of the molecule is Cc1c(Cl)cccc1C(=O)c1cccc2c1OCC2. The minimum atomic E-state index is -0.0289. The van der Waals surface area contributed by atoms with E-state index in [1.165, 1.54) is 0 Å². The molecule has 1 aliphatic heterocycles. The van der Waals surface area contributed by atoms with E-state index < -0.39 is 0 Å². The largest absolute Gasteiger partial charge is 0.492 e. The average Bonchev–Trinajstić information content (AvgIpc) is 2.89. The topological polar surface area (TPSA) is 26.3 Å². The lowest BCUT2D eigenvalue weighted by molar-refractivity contribution is 0.103. The summed E-state index contributed by atoms with van der Waals surface area (Å²) in [6.07, 6.45) is 0.866. The number of carbonyl (C=O) groups excluding carboxylic acids is 1. The van der Waals surface area contributed by atoms with Gasteiger partial charge in [0, 0.05) is 17.0 Å². The molecule has 0 unspecified atom stereocenters. The van der Waals surface area contributed by atoms with Gasteiger partial charge < -0.3 is 4.74 Å². The molecule has 0 saturated carbocycles. The maximum atomic E-state index is 12.6. The lowest BCUT2D eigenvalue weighted by Crippen LogP contribution is -2.06. The molecular formula is C16H13ClO2. The molecule has 19 heavy (non-hydrogen) atoms. The first kappa shape index (κ1) is 12.2. The molecule has 3 heteroatoms. The van der Waals surface area contributed by atoms with Crippen LogP contribution in [0.5, 0.6) is 5.75 Å². The first-order valence-electron chi connectivity index (χ1n) is 6.23. The van der Waals surface area contributed by atoms with Gasteiger partial charge in [-0.2, -0.15) is 0 Å². The number of benzene rings is 2. The van der Waals surface area contributed by atoms with Crippen LogP contribution >= 0.6 is 11.6 Å². The van der Waals surface area contributed by atoms with Crippen molar-refractivity contribution in [1.82, 2.24) is 0 Å². The molecule has 2 aromatic rings. The van der Waals surface area contributed by atoms with Crippen LogP contribution in [0.2, 0.25) is 5.02 Å². The van der Waals surface area contributed by atoms with Gasteiger partial charge in [0.15, 0.2) is 5.78 Å². The van der Waals surface area contributed by atoms with E-state index in [0.717, 1.165) is 23.3 Å². The number of fused-ring (bicyclic) bond motifs is 1. The molecule has 0 aliphatic carbocycles. The Hall–Kier alpha value is -1.80. The monoisotopic (exact) mass is 272 g/mol. The molecule has 0 aromatic heterocycles. The fourth-order valence-corrected chi connectivity index (χ4v) is 2.57. The third-order valence-electron chi connectivity index (χ3n) is 3.47. The molecular weight excluding hydrogens is 260 g/mol. The smallest absolute Gasteiger partial charge is 0.197 e. The summed E-state index contributed by atoms with van der Waals surface area (Å²) in [5.74, 6) is 0.700. The Morgan fingerprint density at radius 2 is 1.89 bits per heavy atom. The highest BCUT2D eigenvalue weighted by Gasteiger charge is 2.22. The van der Waals surface area contributed by atoms with Gasteiger partial charge in [-0.25, -0.2) is 0 Å². The van der Waals surface area contributed by atoms with Gasteiger partial charge in [0.05, 0.1) is 12.2 Å². The van der Waals surface area contributed by atoms with Crippen LogP contribution in [0.1, 0.15) is 27.0 Å². The molecule has 0 atom stereocenters. The van der Waals surface area contributed by atoms with E-state index in [9.17, 15) is 4.79 Å². The van der Waals surface area contributed by atoms with Gasteiger partial charge in [-0.15, -0.1) is 0 Å². The van der Waals surface area contributed by atoms with Crippen LogP contribution in [0, 0.1) is 6.92 Å². The third kappa shape index (κ3) is 2.02. The summed E-state index contributed by atoms with van der Waals surface area (Å²) in [6.45, 7) is 2.51. The Kier molecular flexibility index (Phi) is 3.03. The molecule has 0 fully saturated rings. The van der Waals surface area contributed by atoms with Crippen LogP contribution in [-0.2, 0) is 6.42 Å². The van der Waals surface area contributed by atoms with Gasteiger partial charge >= 0.3 is 0 Å². The fourth-order valence-electron chi connectivity index (χ4n) is 2.39. The lowest BCUT2D eigenvalue weighted by atomic mass is 9.97. The van der Waals surface area contributed by atoms with Crippen LogP contribution < -0.4 is 4.74 Å². The van der Waals surface area contributed by atoms with Gasteiger partial charge in [0.1, 0.15) is 5.75 Å². The summed E-state index contributed by atoms with van der Waals surface area (Å²) in [5.41, 5.74) is 3.17.